The monoisotopic (exact) mass is 742 g/mol. The first kappa shape index (κ1) is 32.7. The van der Waals surface area contributed by atoms with Gasteiger partial charge >= 0.3 is 0 Å². The normalized spacial score (nSPS) is 12.0. The van der Waals surface area contributed by atoms with Gasteiger partial charge in [-0.3, -0.25) is 0 Å². The van der Waals surface area contributed by atoms with Gasteiger partial charge in [-0.25, -0.2) is 0 Å². The minimum Gasteiger partial charge on any atom is -0.316 e. The van der Waals surface area contributed by atoms with Crippen molar-refractivity contribution >= 4 is 65.4 Å². The molecule has 58 heavy (non-hydrogen) atoms. The van der Waals surface area contributed by atoms with E-state index in [2.05, 4.69) is 227 Å². The lowest BCUT2D eigenvalue weighted by Crippen LogP contribution is -1.98. The average molecular weight is 743 g/mol. The highest BCUT2D eigenvalue weighted by Crippen LogP contribution is 2.41. The summed E-state index contributed by atoms with van der Waals surface area (Å²) in [6, 6.07) is 66.5. The number of fused-ring (bicyclic) bond motifs is 10. The third kappa shape index (κ3) is 4.69. The Balaban J connectivity index is 0.993. The van der Waals surface area contributed by atoms with Crippen LogP contribution in [0.5, 0.6) is 0 Å². The van der Waals surface area contributed by atoms with E-state index in [0.717, 1.165) is 11.4 Å². The molecule has 4 heterocycles. The van der Waals surface area contributed by atoms with Crippen molar-refractivity contribution in [1.29, 1.82) is 0 Å². The van der Waals surface area contributed by atoms with Gasteiger partial charge in [-0.2, -0.15) is 0 Å². The minimum atomic E-state index is 1.16. The lowest BCUT2D eigenvalue weighted by molar-refractivity contribution is 1.13. The molecular weight excluding hydrogens is 705 g/mol. The molecule has 0 radical (unpaired) electrons. The molecule has 0 amide bonds. The van der Waals surface area contributed by atoms with E-state index in [1.54, 1.807) is 0 Å². The Kier molecular flexibility index (Phi) is 7.02. The van der Waals surface area contributed by atoms with Gasteiger partial charge in [-0.1, -0.05) is 97.1 Å². The van der Waals surface area contributed by atoms with Crippen LogP contribution in [0.4, 0.5) is 0 Å². The predicted octanol–water partition coefficient (Wildman–Crippen LogP) is 14.1. The van der Waals surface area contributed by atoms with E-state index in [1.807, 2.05) is 0 Å². The number of hydrogen-bond acceptors (Lipinski definition) is 0. The Morgan fingerprint density at radius 1 is 0.293 bits per heavy atom. The summed E-state index contributed by atoms with van der Waals surface area (Å²) in [7, 11) is 0. The Morgan fingerprint density at radius 2 is 0.707 bits per heavy atom. The summed E-state index contributed by atoms with van der Waals surface area (Å²) in [6.07, 6.45) is 4.40. The van der Waals surface area contributed by atoms with Crippen LogP contribution in [0, 0.1) is 13.8 Å². The molecule has 0 saturated heterocycles. The average Bonchev–Trinajstić information content (AvgIpc) is 4.05. The van der Waals surface area contributed by atoms with Crippen molar-refractivity contribution in [3.8, 4) is 33.9 Å². The molecule has 0 aliphatic heterocycles. The molecule has 0 N–H and O–H groups in total. The van der Waals surface area contributed by atoms with Crippen LogP contribution in [0.25, 0.3) is 99.3 Å². The molecule has 12 aromatic rings. The quantitative estimate of drug-likeness (QED) is 0.167. The third-order valence-electron chi connectivity index (χ3n) is 12.3. The van der Waals surface area contributed by atoms with E-state index in [-0.39, 0.29) is 0 Å². The third-order valence-corrected chi connectivity index (χ3v) is 12.3. The van der Waals surface area contributed by atoms with Crippen molar-refractivity contribution in [2.24, 2.45) is 0 Å². The lowest BCUT2D eigenvalue weighted by Gasteiger charge is -2.16. The second-order valence-electron chi connectivity index (χ2n) is 15.5. The van der Waals surface area contributed by atoms with Gasteiger partial charge in [0.2, 0.25) is 0 Å². The number of nitrogens with zero attached hydrogens (tertiary/aromatic N) is 4. The summed E-state index contributed by atoms with van der Waals surface area (Å²) in [5.41, 5.74) is 16.9. The van der Waals surface area contributed by atoms with Crippen molar-refractivity contribution < 1.29 is 0 Å². The Hall–Kier alpha value is -7.56. The number of benzene rings is 8. The number of aryl methyl sites for hydroxylation is 2. The van der Waals surface area contributed by atoms with Gasteiger partial charge in [0.05, 0.1) is 33.1 Å². The zero-order chi connectivity index (χ0) is 38.5. The first-order valence-electron chi connectivity index (χ1n) is 20.0. The maximum atomic E-state index is 2.46. The van der Waals surface area contributed by atoms with Crippen molar-refractivity contribution in [1.82, 2.24) is 18.3 Å². The van der Waals surface area contributed by atoms with Crippen molar-refractivity contribution in [2.45, 2.75) is 13.8 Å². The van der Waals surface area contributed by atoms with E-state index in [9.17, 15) is 0 Å². The van der Waals surface area contributed by atoms with Crippen molar-refractivity contribution in [2.75, 3.05) is 0 Å². The van der Waals surface area contributed by atoms with Crippen LogP contribution in [-0.4, -0.2) is 18.3 Å². The van der Waals surface area contributed by atoms with E-state index in [4.69, 9.17) is 0 Å². The molecule has 274 valence electrons. The highest BCUT2D eigenvalue weighted by Gasteiger charge is 2.20. The standard InChI is InChI=1S/C54H38N4/c1-35-33-39(57-51-19-11-9-17-43(51)45-25-27-49-47(53(45)57)29-31-55(49)37-13-5-3-6-14-37)21-23-41(35)42-24-22-40(34-36(42)2)58-52-20-12-10-18-44(52)46-26-28-50-48(54(46)58)30-32-56(50)38-15-7-4-8-16-38/h3-34H,1-2H3. The molecule has 0 unspecified atom stereocenters. The van der Waals surface area contributed by atoms with Gasteiger partial charge in [-0.05, 0) is 121 Å². The molecule has 4 nitrogen and oxygen atoms in total. The molecule has 0 aliphatic carbocycles. The lowest BCUT2D eigenvalue weighted by atomic mass is 9.95. The summed E-state index contributed by atoms with van der Waals surface area (Å²) in [6.45, 7) is 4.51. The van der Waals surface area contributed by atoms with Gasteiger partial charge in [0, 0.05) is 67.5 Å². The maximum absolute atomic E-state index is 2.46. The number of aromatic nitrogens is 4. The highest BCUT2D eigenvalue weighted by atomic mass is 15.0. The molecule has 0 fully saturated rings. The van der Waals surface area contributed by atoms with E-state index >= 15 is 0 Å². The second-order valence-corrected chi connectivity index (χ2v) is 15.5. The van der Waals surface area contributed by atoms with Crippen LogP contribution in [0.1, 0.15) is 11.1 Å². The van der Waals surface area contributed by atoms with Gasteiger partial charge in [0.1, 0.15) is 0 Å². The molecule has 0 bridgehead atoms. The molecule has 12 rings (SSSR count). The zero-order valence-electron chi connectivity index (χ0n) is 32.3. The SMILES string of the molecule is Cc1cc(-n2c3ccccc3c3ccc4c(ccn4-c4ccccc4)c32)ccc1-c1ccc(-n2c3ccccc3c3ccc4c(ccn4-c4ccccc4)c32)cc1C. The Morgan fingerprint density at radius 3 is 1.14 bits per heavy atom. The van der Waals surface area contributed by atoms with Gasteiger partial charge in [0.15, 0.2) is 0 Å². The summed E-state index contributed by atoms with van der Waals surface area (Å²) in [5, 5.41) is 7.54. The van der Waals surface area contributed by atoms with Gasteiger partial charge < -0.3 is 18.3 Å². The molecule has 0 saturated carbocycles. The smallest absolute Gasteiger partial charge is 0.0635 e. The largest absolute Gasteiger partial charge is 0.316 e. The topological polar surface area (TPSA) is 19.7 Å². The summed E-state index contributed by atoms with van der Waals surface area (Å²) in [5.74, 6) is 0. The predicted molar refractivity (Wildman–Crippen MR) is 244 cm³/mol. The molecular formula is C54H38N4. The second kappa shape index (κ2) is 12.5. The summed E-state index contributed by atoms with van der Waals surface area (Å²) >= 11 is 0. The fourth-order valence-electron chi connectivity index (χ4n) is 9.69. The molecule has 0 spiro atoms. The van der Waals surface area contributed by atoms with Crippen molar-refractivity contribution in [3.05, 3.63) is 206 Å². The van der Waals surface area contributed by atoms with E-state index in [0.29, 0.717) is 0 Å². The maximum Gasteiger partial charge on any atom is 0.0635 e. The fraction of sp³-hybridized carbons (Fsp3) is 0.0370. The zero-order valence-corrected chi connectivity index (χ0v) is 32.3. The van der Waals surface area contributed by atoms with Crippen LogP contribution in [0.3, 0.4) is 0 Å². The number of rotatable bonds is 5. The van der Waals surface area contributed by atoms with Gasteiger partial charge in [0.25, 0.3) is 0 Å². The molecule has 4 heteroatoms. The molecule has 8 aromatic carbocycles. The van der Waals surface area contributed by atoms with Crippen LogP contribution < -0.4 is 0 Å². The minimum absolute atomic E-state index is 1.16. The van der Waals surface area contributed by atoms with Crippen LogP contribution in [-0.2, 0) is 0 Å². The van der Waals surface area contributed by atoms with Crippen molar-refractivity contribution in [3.63, 3.8) is 0 Å². The Labute approximate surface area is 335 Å². The fourth-order valence-corrected chi connectivity index (χ4v) is 9.69. The molecule has 0 aliphatic rings. The van der Waals surface area contributed by atoms with E-state index < -0.39 is 0 Å². The highest BCUT2D eigenvalue weighted by molar-refractivity contribution is 6.19. The van der Waals surface area contributed by atoms with Crippen LogP contribution in [0.2, 0.25) is 0 Å². The van der Waals surface area contributed by atoms with Crippen LogP contribution in [0.15, 0.2) is 194 Å². The Bertz CT molecular complexity index is 3340. The number of hydrogen-bond donors (Lipinski definition) is 0. The first-order valence-corrected chi connectivity index (χ1v) is 20.0. The molecule has 4 aromatic heterocycles. The summed E-state index contributed by atoms with van der Waals surface area (Å²) in [4.78, 5) is 0. The van der Waals surface area contributed by atoms with Crippen LogP contribution >= 0.6 is 0 Å². The van der Waals surface area contributed by atoms with Gasteiger partial charge in [-0.15, -0.1) is 0 Å². The first-order chi connectivity index (χ1) is 28.6. The summed E-state index contributed by atoms with van der Waals surface area (Å²) < 4.78 is 9.51. The van der Waals surface area contributed by atoms with E-state index in [1.165, 1.54) is 99.0 Å². The number of para-hydroxylation sites is 4. The molecule has 0 atom stereocenters.